The fourth-order valence-electron chi connectivity index (χ4n) is 3.03. The average molecular weight is 336 g/mol. The van der Waals surface area contributed by atoms with Crippen molar-refractivity contribution in [3.63, 3.8) is 0 Å². The summed E-state index contributed by atoms with van der Waals surface area (Å²) in [5.74, 6) is 3.41. The zero-order valence-electron chi connectivity index (χ0n) is 15.8. The summed E-state index contributed by atoms with van der Waals surface area (Å²) in [5.41, 5.74) is 0. The molecule has 2 N–H and O–H groups in total. The Kier molecular flexibility index (Phi) is 7.02. The summed E-state index contributed by atoms with van der Waals surface area (Å²) in [6, 6.07) is 0.493. The van der Waals surface area contributed by atoms with E-state index in [9.17, 15) is 0 Å². The first-order chi connectivity index (χ1) is 11.5. The van der Waals surface area contributed by atoms with Crippen LogP contribution in [0.15, 0.2) is 4.99 Å². The van der Waals surface area contributed by atoms with Crippen molar-refractivity contribution in [2.45, 2.75) is 53.1 Å². The first-order valence-corrected chi connectivity index (χ1v) is 9.11. The van der Waals surface area contributed by atoms with Crippen molar-refractivity contribution in [1.82, 2.24) is 30.3 Å². The number of nitrogens with one attached hydrogen (secondary N) is 2. The maximum atomic E-state index is 4.68. The number of nitrogens with zero attached hydrogens (tertiary/aromatic N) is 5. The first-order valence-electron chi connectivity index (χ1n) is 9.11. The molecule has 0 unspecified atom stereocenters. The van der Waals surface area contributed by atoms with Gasteiger partial charge in [0.05, 0.1) is 0 Å². The molecule has 7 heteroatoms. The van der Waals surface area contributed by atoms with Crippen molar-refractivity contribution < 1.29 is 0 Å². The molecule has 136 valence electrons. The number of piperidine rings is 1. The van der Waals surface area contributed by atoms with Gasteiger partial charge in [0.1, 0.15) is 12.4 Å². The van der Waals surface area contributed by atoms with Gasteiger partial charge in [-0.1, -0.05) is 13.8 Å². The predicted molar refractivity (Wildman–Crippen MR) is 98.0 cm³/mol. The molecule has 1 saturated heterocycles. The molecule has 1 fully saturated rings. The Bertz CT molecular complexity index is 527. The Morgan fingerprint density at radius 1 is 1.29 bits per heavy atom. The van der Waals surface area contributed by atoms with Crippen LogP contribution in [0.25, 0.3) is 0 Å². The SMILES string of the molecule is CCNC(=NCc1nnc(C)n1C)NC1CCN(CC(C)C)CC1. The number of hydrogen-bond donors (Lipinski definition) is 2. The van der Waals surface area contributed by atoms with Gasteiger partial charge in [-0.2, -0.15) is 0 Å². The van der Waals surface area contributed by atoms with Crippen LogP contribution in [0.1, 0.15) is 45.3 Å². The Hall–Kier alpha value is -1.63. The maximum absolute atomic E-state index is 4.68. The second-order valence-electron chi connectivity index (χ2n) is 7.03. The lowest BCUT2D eigenvalue weighted by Gasteiger charge is -2.34. The van der Waals surface area contributed by atoms with E-state index in [0.717, 1.165) is 43.2 Å². The lowest BCUT2D eigenvalue weighted by Crippen LogP contribution is -2.49. The summed E-state index contributed by atoms with van der Waals surface area (Å²) in [6.45, 7) is 13.5. The van der Waals surface area contributed by atoms with Crippen LogP contribution in [-0.2, 0) is 13.6 Å². The van der Waals surface area contributed by atoms with Gasteiger partial charge in [-0.25, -0.2) is 4.99 Å². The summed E-state index contributed by atoms with van der Waals surface area (Å²) in [4.78, 5) is 7.24. The van der Waals surface area contributed by atoms with Crippen LogP contribution >= 0.6 is 0 Å². The van der Waals surface area contributed by atoms with E-state index < -0.39 is 0 Å². The Morgan fingerprint density at radius 2 is 2.00 bits per heavy atom. The van der Waals surface area contributed by atoms with E-state index in [1.54, 1.807) is 0 Å². The van der Waals surface area contributed by atoms with Crippen LogP contribution in [0.3, 0.4) is 0 Å². The zero-order valence-corrected chi connectivity index (χ0v) is 15.8. The molecule has 1 aliphatic rings. The van der Waals surface area contributed by atoms with E-state index in [-0.39, 0.29) is 0 Å². The monoisotopic (exact) mass is 335 g/mol. The third-order valence-corrected chi connectivity index (χ3v) is 4.46. The molecule has 0 saturated carbocycles. The lowest BCUT2D eigenvalue weighted by molar-refractivity contribution is 0.187. The third-order valence-electron chi connectivity index (χ3n) is 4.46. The van der Waals surface area contributed by atoms with Crippen molar-refractivity contribution in [3.8, 4) is 0 Å². The van der Waals surface area contributed by atoms with Gasteiger partial charge in [-0.05, 0) is 32.6 Å². The topological polar surface area (TPSA) is 70.4 Å². The standard InChI is InChI=1S/C17H33N7/c1-6-18-17(19-11-16-22-21-14(4)23(16)5)20-15-7-9-24(10-8-15)12-13(2)3/h13,15H,6-12H2,1-5H3,(H2,18,19,20). The van der Waals surface area contributed by atoms with E-state index in [2.05, 4.69) is 51.5 Å². The summed E-state index contributed by atoms with van der Waals surface area (Å²) >= 11 is 0. The largest absolute Gasteiger partial charge is 0.357 e. The number of aliphatic imine (C=N–C) groups is 1. The molecule has 0 bridgehead atoms. The summed E-state index contributed by atoms with van der Waals surface area (Å²) < 4.78 is 1.98. The number of aromatic nitrogens is 3. The van der Waals surface area contributed by atoms with Crippen molar-refractivity contribution in [1.29, 1.82) is 0 Å². The lowest BCUT2D eigenvalue weighted by atomic mass is 10.0. The van der Waals surface area contributed by atoms with Crippen molar-refractivity contribution in [2.24, 2.45) is 18.0 Å². The van der Waals surface area contributed by atoms with Crippen LogP contribution in [0, 0.1) is 12.8 Å². The molecule has 1 aliphatic heterocycles. The number of aryl methyl sites for hydroxylation is 1. The molecule has 1 aromatic rings. The normalized spacial score (nSPS) is 17.5. The van der Waals surface area contributed by atoms with Crippen molar-refractivity contribution in [3.05, 3.63) is 11.6 Å². The van der Waals surface area contributed by atoms with Crippen molar-refractivity contribution in [2.75, 3.05) is 26.2 Å². The highest BCUT2D eigenvalue weighted by molar-refractivity contribution is 5.80. The molecule has 0 amide bonds. The second kappa shape index (κ2) is 9.01. The van der Waals surface area contributed by atoms with Gasteiger partial charge < -0.3 is 20.1 Å². The minimum Gasteiger partial charge on any atom is -0.357 e. The third kappa shape index (κ3) is 5.47. The highest BCUT2D eigenvalue weighted by Crippen LogP contribution is 2.12. The number of likely N-dealkylation sites (tertiary alicyclic amines) is 1. The number of hydrogen-bond acceptors (Lipinski definition) is 4. The van der Waals surface area contributed by atoms with Crippen LogP contribution in [0.5, 0.6) is 0 Å². The maximum Gasteiger partial charge on any atom is 0.191 e. The van der Waals surface area contributed by atoms with Gasteiger partial charge in [0.25, 0.3) is 0 Å². The smallest absolute Gasteiger partial charge is 0.191 e. The molecule has 0 spiro atoms. The van der Waals surface area contributed by atoms with Crippen LogP contribution in [0.4, 0.5) is 0 Å². The molecule has 7 nitrogen and oxygen atoms in total. The minimum atomic E-state index is 0.493. The fourth-order valence-corrected chi connectivity index (χ4v) is 3.03. The Morgan fingerprint density at radius 3 is 2.54 bits per heavy atom. The van der Waals surface area contributed by atoms with Crippen molar-refractivity contribution >= 4 is 5.96 Å². The van der Waals surface area contributed by atoms with Gasteiger partial charge in [-0.3, -0.25) is 0 Å². The second-order valence-corrected chi connectivity index (χ2v) is 7.03. The van der Waals surface area contributed by atoms with Gasteiger partial charge in [-0.15, -0.1) is 10.2 Å². The molecule has 2 heterocycles. The first kappa shape index (κ1) is 18.7. The van der Waals surface area contributed by atoms with Gasteiger partial charge >= 0.3 is 0 Å². The van der Waals surface area contributed by atoms with E-state index in [4.69, 9.17) is 0 Å². The van der Waals surface area contributed by atoms with Gasteiger partial charge in [0.2, 0.25) is 0 Å². The Balaban J connectivity index is 1.87. The highest BCUT2D eigenvalue weighted by Gasteiger charge is 2.20. The molecule has 1 aromatic heterocycles. The zero-order chi connectivity index (χ0) is 17.5. The van der Waals surface area contributed by atoms with Crippen LogP contribution < -0.4 is 10.6 Å². The summed E-state index contributed by atoms with van der Waals surface area (Å²) in [5, 5.41) is 15.2. The molecule has 2 rings (SSSR count). The number of rotatable bonds is 6. The van der Waals surface area contributed by atoms with Gasteiger partial charge in [0, 0.05) is 39.3 Å². The molecular formula is C17H33N7. The quantitative estimate of drug-likeness (QED) is 0.606. The summed E-state index contributed by atoms with van der Waals surface area (Å²) in [7, 11) is 1.98. The molecular weight excluding hydrogens is 302 g/mol. The van der Waals surface area contributed by atoms with E-state index in [1.165, 1.54) is 19.4 Å². The summed E-state index contributed by atoms with van der Waals surface area (Å²) in [6.07, 6.45) is 2.33. The Labute approximate surface area is 145 Å². The number of guanidine groups is 1. The van der Waals surface area contributed by atoms with Gasteiger partial charge in [0.15, 0.2) is 11.8 Å². The van der Waals surface area contributed by atoms with E-state index in [0.29, 0.717) is 12.6 Å². The highest BCUT2D eigenvalue weighted by atomic mass is 15.3. The van der Waals surface area contributed by atoms with Crippen LogP contribution in [0.2, 0.25) is 0 Å². The fraction of sp³-hybridized carbons (Fsp3) is 0.824. The molecule has 0 aliphatic carbocycles. The average Bonchev–Trinajstić information content (AvgIpc) is 2.86. The van der Waals surface area contributed by atoms with E-state index in [1.807, 2.05) is 18.5 Å². The minimum absolute atomic E-state index is 0.493. The van der Waals surface area contributed by atoms with E-state index >= 15 is 0 Å². The predicted octanol–water partition coefficient (Wildman–Crippen LogP) is 1.30. The molecule has 0 aromatic carbocycles. The van der Waals surface area contributed by atoms with Crippen LogP contribution in [-0.4, -0.2) is 57.8 Å². The molecule has 24 heavy (non-hydrogen) atoms. The molecule has 0 atom stereocenters. The molecule has 0 radical (unpaired) electrons.